The maximum atomic E-state index is 13.5. The van der Waals surface area contributed by atoms with Gasteiger partial charge >= 0.3 is 5.97 Å². The summed E-state index contributed by atoms with van der Waals surface area (Å²) in [6, 6.07) is 9.05. The van der Waals surface area contributed by atoms with Gasteiger partial charge in [-0.05, 0) is 30.3 Å². The molecule has 25 heavy (non-hydrogen) atoms. The van der Waals surface area contributed by atoms with Gasteiger partial charge in [0.1, 0.15) is 5.82 Å². The second-order valence-corrected chi connectivity index (χ2v) is 7.44. The van der Waals surface area contributed by atoms with Gasteiger partial charge in [-0.1, -0.05) is 23.7 Å². The van der Waals surface area contributed by atoms with Crippen LogP contribution in [0.15, 0.2) is 47.4 Å². The topological polar surface area (TPSA) is 89.5 Å². The molecule has 0 aliphatic carbocycles. The van der Waals surface area contributed by atoms with Crippen molar-refractivity contribution in [2.45, 2.75) is 4.90 Å². The average molecular weight is 386 g/mol. The third-order valence-electron chi connectivity index (χ3n) is 3.04. The lowest BCUT2D eigenvalue weighted by molar-refractivity contribution is -0.119. The largest absolute Gasteiger partial charge is 0.452 e. The zero-order chi connectivity index (χ0) is 18.6. The molecule has 0 radical (unpaired) electrons. The molecular formula is C16H13ClFNO5S. The molecular weight excluding hydrogens is 373 g/mol. The first-order valence-electron chi connectivity index (χ1n) is 6.89. The van der Waals surface area contributed by atoms with Gasteiger partial charge in [-0.2, -0.15) is 0 Å². The Labute approximate surface area is 148 Å². The quantitative estimate of drug-likeness (QED) is 0.799. The predicted molar refractivity (Wildman–Crippen MR) is 89.9 cm³/mol. The molecule has 0 saturated heterocycles. The molecule has 6 nitrogen and oxygen atoms in total. The number of hydrogen-bond acceptors (Lipinski definition) is 5. The van der Waals surface area contributed by atoms with Gasteiger partial charge in [0.05, 0.1) is 16.1 Å². The van der Waals surface area contributed by atoms with Gasteiger partial charge in [0, 0.05) is 11.3 Å². The molecule has 0 atom stereocenters. The summed E-state index contributed by atoms with van der Waals surface area (Å²) in [6.45, 7) is -0.719. The van der Waals surface area contributed by atoms with Crippen LogP contribution in [0.4, 0.5) is 10.1 Å². The van der Waals surface area contributed by atoms with E-state index in [0.717, 1.165) is 12.3 Å². The second-order valence-electron chi connectivity index (χ2n) is 5.02. The maximum absolute atomic E-state index is 13.5. The zero-order valence-electron chi connectivity index (χ0n) is 13.0. The Balaban J connectivity index is 2.06. The minimum absolute atomic E-state index is 0.162. The van der Waals surface area contributed by atoms with Crippen molar-refractivity contribution in [2.75, 3.05) is 18.2 Å². The molecule has 9 heteroatoms. The number of halogens is 2. The van der Waals surface area contributed by atoms with Crippen LogP contribution in [0.25, 0.3) is 0 Å². The van der Waals surface area contributed by atoms with Crippen LogP contribution < -0.4 is 5.32 Å². The lowest BCUT2D eigenvalue weighted by Crippen LogP contribution is -2.22. The molecule has 2 aromatic rings. The van der Waals surface area contributed by atoms with E-state index in [9.17, 15) is 22.4 Å². The number of rotatable bonds is 5. The lowest BCUT2D eigenvalue weighted by Gasteiger charge is -2.09. The molecule has 0 saturated carbocycles. The fraction of sp³-hybridized carbons (Fsp3) is 0.125. The van der Waals surface area contributed by atoms with Crippen LogP contribution in [0.3, 0.4) is 0 Å². The number of benzene rings is 2. The summed E-state index contributed by atoms with van der Waals surface area (Å²) in [6.07, 6.45) is 0.952. The highest BCUT2D eigenvalue weighted by Crippen LogP contribution is 2.20. The van der Waals surface area contributed by atoms with E-state index in [0.29, 0.717) is 0 Å². The third-order valence-corrected chi connectivity index (χ3v) is 4.43. The summed E-state index contributed by atoms with van der Waals surface area (Å²) < 4.78 is 41.7. The Bertz CT molecular complexity index is 930. The molecule has 1 amide bonds. The highest BCUT2D eigenvalue weighted by atomic mass is 35.5. The molecule has 0 bridgehead atoms. The summed E-state index contributed by atoms with van der Waals surface area (Å²) in [7, 11) is -3.64. The maximum Gasteiger partial charge on any atom is 0.339 e. The van der Waals surface area contributed by atoms with Crippen LogP contribution in [0.1, 0.15) is 10.4 Å². The van der Waals surface area contributed by atoms with Gasteiger partial charge in [-0.25, -0.2) is 17.6 Å². The lowest BCUT2D eigenvalue weighted by atomic mass is 10.2. The molecule has 0 aromatic heterocycles. The van der Waals surface area contributed by atoms with Gasteiger partial charge in [0.15, 0.2) is 16.4 Å². The molecule has 0 unspecified atom stereocenters. The second kappa shape index (κ2) is 7.62. The Morgan fingerprint density at radius 2 is 1.88 bits per heavy atom. The standard InChI is InChI=1S/C16H13ClFNO5S/c1-25(22,23)14-5-3-2-4-11(14)16(21)24-9-15(20)19-13-8-10(17)6-7-12(13)18/h2-8H,9H2,1H3,(H,19,20). The van der Waals surface area contributed by atoms with Gasteiger partial charge in [-0.3, -0.25) is 4.79 Å². The summed E-state index contributed by atoms with van der Waals surface area (Å²) in [5.74, 6) is -2.49. The minimum atomic E-state index is -3.64. The van der Waals surface area contributed by atoms with Crippen LogP contribution in [-0.2, 0) is 19.4 Å². The molecule has 2 aromatic carbocycles. The molecule has 2 rings (SSSR count). The monoisotopic (exact) mass is 385 g/mol. The molecule has 132 valence electrons. The van der Waals surface area contributed by atoms with Crippen LogP contribution in [0, 0.1) is 5.82 Å². The molecule has 0 heterocycles. The Kier molecular flexibility index (Phi) is 5.76. The summed E-state index contributed by atoms with van der Waals surface area (Å²) in [5, 5.41) is 2.43. The summed E-state index contributed by atoms with van der Waals surface area (Å²) in [4.78, 5) is 23.6. The van der Waals surface area contributed by atoms with Gasteiger partial charge in [0.25, 0.3) is 5.91 Å². The fourth-order valence-electron chi connectivity index (χ4n) is 1.95. The molecule has 0 aliphatic heterocycles. The van der Waals surface area contributed by atoms with Crippen LogP contribution >= 0.6 is 11.6 Å². The molecule has 0 fully saturated rings. The SMILES string of the molecule is CS(=O)(=O)c1ccccc1C(=O)OCC(=O)Nc1cc(Cl)ccc1F. The van der Waals surface area contributed by atoms with Gasteiger partial charge in [-0.15, -0.1) is 0 Å². The number of anilines is 1. The van der Waals surface area contributed by atoms with Crippen molar-refractivity contribution in [3.05, 3.63) is 58.9 Å². The zero-order valence-corrected chi connectivity index (χ0v) is 14.5. The van der Waals surface area contributed by atoms with E-state index in [4.69, 9.17) is 16.3 Å². The number of carbonyl (C=O) groups excluding carboxylic acids is 2. The number of ether oxygens (including phenoxy) is 1. The Hall–Kier alpha value is -2.45. The molecule has 0 aliphatic rings. The van der Waals surface area contributed by atoms with Crippen molar-refractivity contribution in [2.24, 2.45) is 0 Å². The third kappa shape index (κ3) is 5.01. The van der Waals surface area contributed by atoms with E-state index in [2.05, 4.69) is 5.32 Å². The smallest absolute Gasteiger partial charge is 0.339 e. The first-order valence-corrected chi connectivity index (χ1v) is 9.16. The van der Waals surface area contributed by atoms with E-state index in [1.807, 2.05) is 0 Å². The highest BCUT2D eigenvalue weighted by Gasteiger charge is 2.20. The number of amides is 1. The number of esters is 1. The number of nitrogens with one attached hydrogen (secondary N) is 1. The normalized spacial score (nSPS) is 11.0. The molecule has 0 spiro atoms. The van der Waals surface area contributed by atoms with Crippen molar-refractivity contribution in [1.29, 1.82) is 0 Å². The van der Waals surface area contributed by atoms with Crippen LogP contribution in [-0.4, -0.2) is 33.2 Å². The van der Waals surface area contributed by atoms with E-state index in [-0.39, 0.29) is 21.2 Å². The van der Waals surface area contributed by atoms with E-state index in [1.54, 1.807) is 0 Å². The van der Waals surface area contributed by atoms with E-state index < -0.39 is 34.1 Å². The highest BCUT2D eigenvalue weighted by molar-refractivity contribution is 7.90. The van der Waals surface area contributed by atoms with E-state index in [1.165, 1.54) is 36.4 Å². The summed E-state index contributed by atoms with van der Waals surface area (Å²) >= 11 is 5.71. The fourth-order valence-corrected chi connectivity index (χ4v) is 3.00. The van der Waals surface area contributed by atoms with Crippen molar-refractivity contribution < 1.29 is 27.1 Å². The van der Waals surface area contributed by atoms with Gasteiger partial charge in [0.2, 0.25) is 0 Å². The first-order chi connectivity index (χ1) is 11.7. The first kappa shape index (κ1) is 18.9. The number of carbonyl (C=O) groups is 2. The average Bonchev–Trinajstić information content (AvgIpc) is 2.55. The van der Waals surface area contributed by atoms with Crippen LogP contribution in [0.5, 0.6) is 0 Å². The number of sulfone groups is 1. The predicted octanol–water partition coefficient (Wildman–Crippen LogP) is 2.68. The van der Waals surface area contributed by atoms with Gasteiger partial charge < -0.3 is 10.1 Å². The van der Waals surface area contributed by atoms with Crippen molar-refractivity contribution >= 4 is 39.0 Å². The van der Waals surface area contributed by atoms with Crippen molar-refractivity contribution in [1.82, 2.24) is 0 Å². The Morgan fingerprint density at radius 1 is 1.20 bits per heavy atom. The van der Waals surface area contributed by atoms with Crippen LogP contribution in [0.2, 0.25) is 5.02 Å². The summed E-state index contributed by atoms with van der Waals surface area (Å²) in [5.41, 5.74) is -0.350. The van der Waals surface area contributed by atoms with Crippen molar-refractivity contribution in [3.8, 4) is 0 Å². The minimum Gasteiger partial charge on any atom is -0.452 e. The van der Waals surface area contributed by atoms with Crippen molar-refractivity contribution in [3.63, 3.8) is 0 Å². The molecule has 1 N–H and O–H groups in total. The van der Waals surface area contributed by atoms with E-state index >= 15 is 0 Å². The Morgan fingerprint density at radius 3 is 2.56 bits per heavy atom. The number of hydrogen-bond donors (Lipinski definition) is 1.